The number of aromatic nitrogens is 2. The van der Waals surface area contributed by atoms with Crippen LogP contribution in [-0.2, 0) is 0 Å². The second-order valence-corrected chi connectivity index (χ2v) is 3.96. The zero-order chi connectivity index (χ0) is 8.13. The van der Waals surface area contributed by atoms with Gasteiger partial charge >= 0.3 is 0 Å². The highest BCUT2D eigenvalue weighted by Crippen LogP contribution is 2.43. The molecule has 3 heteroatoms. The first kappa shape index (κ1) is 6.66. The summed E-state index contributed by atoms with van der Waals surface area (Å²) in [4.78, 5) is 4.19. The highest BCUT2D eigenvalue weighted by molar-refractivity contribution is 5.20. The molecule has 64 valence electrons. The molecule has 1 aromatic rings. The molecule has 2 unspecified atom stereocenters. The number of hydrogen-bond donors (Lipinski definition) is 1. The van der Waals surface area contributed by atoms with Crippen LogP contribution in [0.4, 0.5) is 0 Å². The summed E-state index contributed by atoms with van der Waals surface area (Å²) in [5.74, 6) is 0.605. The van der Waals surface area contributed by atoms with Gasteiger partial charge in [0.05, 0.1) is 6.33 Å². The number of nitrogens with zero attached hydrogens (tertiary/aromatic N) is 2. The molecule has 2 aliphatic carbocycles. The number of nitrogens with two attached hydrogens (primary N) is 1. The van der Waals surface area contributed by atoms with E-state index in [0.29, 0.717) is 12.0 Å². The second-order valence-electron chi connectivity index (χ2n) is 3.96. The summed E-state index contributed by atoms with van der Waals surface area (Å²) in [7, 11) is 0. The lowest BCUT2D eigenvalue weighted by atomic mass is 10.3. The quantitative estimate of drug-likeness (QED) is 0.707. The van der Waals surface area contributed by atoms with Gasteiger partial charge in [0.15, 0.2) is 0 Å². The molecular weight excluding hydrogens is 150 g/mol. The second kappa shape index (κ2) is 2.10. The third-order valence-corrected chi connectivity index (χ3v) is 2.86. The number of imidazole rings is 1. The molecule has 2 saturated carbocycles. The minimum absolute atomic E-state index is 0.402. The molecule has 2 aliphatic rings. The van der Waals surface area contributed by atoms with Gasteiger partial charge in [-0.25, -0.2) is 4.98 Å². The molecule has 0 saturated heterocycles. The van der Waals surface area contributed by atoms with Crippen molar-refractivity contribution >= 4 is 0 Å². The molecule has 3 rings (SSSR count). The first-order valence-corrected chi connectivity index (χ1v) is 4.63. The largest absolute Gasteiger partial charge is 0.331 e. The molecule has 0 bridgehead atoms. The maximum atomic E-state index is 5.81. The molecule has 0 amide bonds. The lowest BCUT2D eigenvalue weighted by Crippen LogP contribution is -2.04. The molecule has 0 spiro atoms. The summed E-state index contributed by atoms with van der Waals surface area (Å²) < 4.78 is 2.32. The van der Waals surface area contributed by atoms with Crippen LogP contribution in [0.15, 0.2) is 12.5 Å². The van der Waals surface area contributed by atoms with Crippen LogP contribution in [-0.4, -0.2) is 15.6 Å². The molecule has 2 fully saturated rings. The fraction of sp³-hybridized carbons (Fsp3) is 0.667. The summed E-state index contributed by atoms with van der Waals surface area (Å²) >= 11 is 0. The van der Waals surface area contributed by atoms with E-state index in [4.69, 9.17) is 5.73 Å². The molecule has 1 aromatic heterocycles. The van der Waals surface area contributed by atoms with Gasteiger partial charge in [0, 0.05) is 29.9 Å². The SMILES string of the molecule is NC1CC1c1cncn1C1CC1. The molecule has 1 heterocycles. The molecule has 3 nitrogen and oxygen atoms in total. The monoisotopic (exact) mass is 163 g/mol. The van der Waals surface area contributed by atoms with Crippen LogP contribution >= 0.6 is 0 Å². The van der Waals surface area contributed by atoms with Gasteiger partial charge < -0.3 is 10.3 Å². The molecule has 2 atom stereocenters. The highest BCUT2D eigenvalue weighted by atomic mass is 15.1. The maximum absolute atomic E-state index is 5.81. The van der Waals surface area contributed by atoms with Gasteiger partial charge in [-0.2, -0.15) is 0 Å². The Morgan fingerprint density at radius 2 is 2.25 bits per heavy atom. The van der Waals surface area contributed by atoms with Crippen LogP contribution in [0.2, 0.25) is 0 Å². The van der Waals surface area contributed by atoms with Crippen molar-refractivity contribution in [3.8, 4) is 0 Å². The Bertz CT molecular complexity index is 300. The first-order valence-electron chi connectivity index (χ1n) is 4.63. The maximum Gasteiger partial charge on any atom is 0.0950 e. The Labute approximate surface area is 71.6 Å². The Balaban J connectivity index is 1.92. The standard InChI is InChI=1S/C9H13N3/c10-8-3-7(8)9-4-11-5-12(9)6-1-2-6/h4-8H,1-3,10H2. The minimum atomic E-state index is 0.402. The van der Waals surface area contributed by atoms with Crippen molar-refractivity contribution in [3.05, 3.63) is 18.2 Å². The summed E-state index contributed by atoms with van der Waals surface area (Å²) in [5.41, 5.74) is 7.17. The van der Waals surface area contributed by atoms with Gasteiger partial charge in [0.25, 0.3) is 0 Å². The Hall–Kier alpha value is -0.830. The Kier molecular flexibility index (Phi) is 1.17. The van der Waals surface area contributed by atoms with Gasteiger partial charge in [-0.15, -0.1) is 0 Å². The van der Waals surface area contributed by atoms with E-state index in [-0.39, 0.29) is 0 Å². The average Bonchev–Trinajstić information content (AvgIpc) is 2.96. The smallest absolute Gasteiger partial charge is 0.0950 e. The van der Waals surface area contributed by atoms with E-state index in [1.54, 1.807) is 0 Å². The van der Waals surface area contributed by atoms with E-state index in [1.807, 2.05) is 12.5 Å². The lowest BCUT2D eigenvalue weighted by molar-refractivity contribution is 0.690. The highest BCUT2D eigenvalue weighted by Gasteiger charge is 2.39. The van der Waals surface area contributed by atoms with Gasteiger partial charge in [-0.3, -0.25) is 0 Å². The fourth-order valence-corrected chi connectivity index (χ4v) is 1.81. The van der Waals surface area contributed by atoms with Crippen LogP contribution in [0.25, 0.3) is 0 Å². The Morgan fingerprint density at radius 1 is 1.50 bits per heavy atom. The van der Waals surface area contributed by atoms with Crippen molar-refractivity contribution in [2.75, 3.05) is 0 Å². The topological polar surface area (TPSA) is 43.8 Å². The van der Waals surface area contributed by atoms with Crippen LogP contribution in [0.5, 0.6) is 0 Å². The number of hydrogen-bond acceptors (Lipinski definition) is 2. The van der Waals surface area contributed by atoms with Crippen LogP contribution in [0.3, 0.4) is 0 Å². The average molecular weight is 163 g/mol. The Morgan fingerprint density at radius 3 is 2.83 bits per heavy atom. The first-order chi connectivity index (χ1) is 5.86. The van der Waals surface area contributed by atoms with Crippen molar-refractivity contribution < 1.29 is 0 Å². The summed E-state index contributed by atoms with van der Waals surface area (Å²) in [6.07, 6.45) is 7.74. The van der Waals surface area contributed by atoms with Gasteiger partial charge in [0.1, 0.15) is 0 Å². The van der Waals surface area contributed by atoms with Crippen molar-refractivity contribution in [2.45, 2.75) is 37.3 Å². The van der Waals surface area contributed by atoms with Gasteiger partial charge in [0.2, 0.25) is 0 Å². The number of rotatable bonds is 2. The minimum Gasteiger partial charge on any atom is -0.331 e. The van der Waals surface area contributed by atoms with Crippen molar-refractivity contribution in [1.82, 2.24) is 9.55 Å². The molecule has 0 radical (unpaired) electrons. The third kappa shape index (κ3) is 0.894. The predicted octanol–water partition coefficient (Wildman–Crippen LogP) is 1.03. The van der Waals surface area contributed by atoms with Gasteiger partial charge in [-0.05, 0) is 19.3 Å². The molecule has 12 heavy (non-hydrogen) atoms. The molecule has 2 N–H and O–H groups in total. The van der Waals surface area contributed by atoms with E-state index in [2.05, 4.69) is 9.55 Å². The van der Waals surface area contributed by atoms with Crippen molar-refractivity contribution in [2.24, 2.45) is 5.73 Å². The van der Waals surface area contributed by atoms with Crippen LogP contribution < -0.4 is 5.73 Å². The zero-order valence-electron chi connectivity index (χ0n) is 6.98. The molecule has 0 aromatic carbocycles. The van der Waals surface area contributed by atoms with Crippen molar-refractivity contribution in [1.29, 1.82) is 0 Å². The van der Waals surface area contributed by atoms with Crippen LogP contribution in [0.1, 0.15) is 36.9 Å². The summed E-state index contributed by atoms with van der Waals surface area (Å²) in [6, 6.07) is 1.15. The van der Waals surface area contributed by atoms with E-state index in [0.717, 1.165) is 12.5 Å². The van der Waals surface area contributed by atoms with E-state index >= 15 is 0 Å². The summed E-state index contributed by atoms with van der Waals surface area (Å²) in [5, 5.41) is 0. The van der Waals surface area contributed by atoms with E-state index in [1.165, 1.54) is 18.5 Å². The predicted molar refractivity (Wildman–Crippen MR) is 45.8 cm³/mol. The normalized spacial score (nSPS) is 33.8. The fourth-order valence-electron chi connectivity index (χ4n) is 1.81. The van der Waals surface area contributed by atoms with Crippen LogP contribution in [0, 0.1) is 0 Å². The molecule has 0 aliphatic heterocycles. The zero-order valence-corrected chi connectivity index (χ0v) is 6.98. The summed E-state index contributed by atoms with van der Waals surface area (Å²) in [6.45, 7) is 0. The molecular formula is C9H13N3. The van der Waals surface area contributed by atoms with Gasteiger partial charge in [-0.1, -0.05) is 0 Å². The van der Waals surface area contributed by atoms with E-state index < -0.39 is 0 Å². The lowest BCUT2D eigenvalue weighted by Gasteiger charge is -2.03. The third-order valence-electron chi connectivity index (χ3n) is 2.86. The van der Waals surface area contributed by atoms with E-state index in [9.17, 15) is 0 Å². The van der Waals surface area contributed by atoms with Crippen molar-refractivity contribution in [3.63, 3.8) is 0 Å².